The van der Waals surface area contributed by atoms with Crippen molar-refractivity contribution in [2.45, 2.75) is 12.7 Å². The van der Waals surface area contributed by atoms with Crippen LogP contribution in [0, 0.1) is 0 Å². The molecule has 0 fully saturated rings. The van der Waals surface area contributed by atoms with Crippen LogP contribution in [0.15, 0.2) is 60.7 Å². The van der Waals surface area contributed by atoms with E-state index >= 15 is 0 Å². The summed E-state index contributed by atoms with van der Waals surface area (Å²) in [4.78, 5) is 46.7. The summed E-state index contributed by atoms with van der Waals surface area (Å²) >= 11 is 0. The first-order valence-corrected chi connectivity index (χ1v) is 8.10. The summed E-state index contributed by atoms with van der Waals surface area (Å²) in [6.07, 6.45) is 0.348. The third-order valence-electron chi connectivity index (χ3n) is 3.48. The Bertz CT molecular complexity index is 802. The average molecular weight is 370 g/mol. The van der Waals surface area contributed by atoms with E-state index in [1.165, 1.54) is 12.1 Å². The third kappa shape index (κ3) is 5.32. The van der Waals surface area contributed by atoms with E-state index in [1.54, 1.807) is 48.5 Å². The van der Waals surface area contributed by atoms with Crippen molar-refractivity contribution in [3.63, 3.8) is 0 Å². The molecule has 0 spiro atoms. The number of hydrogen-bond donors (Lipinski definition) is 0. The predicted molar refractivity (Wildman–Crippen MR) is 93.6 cm³/mol. The molecule has 0 radical (unpaired) electrons. The summed E-state index contributed by atoms with van der Waals surface area (Å²) in [5.41, 5.74) is 0.511. The maximum absolute atomic E-state index is 11.9. The fourth-order valence-corrected chi connectivity index (χ4v) is 2.28. The first-order chi connectivity index (χ1) is 13.0. The quantitative estimate of drug-likeness (QED) is 0.166. The number of ketones is 1. The highest BCUT2D eigenvalue weighted by Crippen LogP contribution is 2.25. The van der Waals surface area contributed by atoms with Crippen molar-refractivity contribution >= 4 is 24.0 Å². The van der Waals surface area contributed by atoms with Crippen LogP contribution in [0.5, 0.6) is 0 Å². The van der Waals surface area contributed by atoms with Crippen LogP contribution in [0.1, 0.15) is 22.8 Å². The van der Waals surface area contributed by atoms with Crippen molar-refractivity contribution in [2.75, 3.05) is 13.2 Å². The normalized spacial score (nSPS) is 12.5. The molecule has 7 nitrogen and oxygen atoms in total. The Kier molecular flexibility index (Phi) is 6.96. The van der Waals surface area contributed by atoms with Gasteiger partial charge in [0, 0.05) is 18.1 Å². The molecule has 0 heterocycles. The van der Waals surface area contributed by atoms with Gasteiger partial charge in [-0.3, -0.25) is 14.4 Å². The minimum atomic E-state index is -1.96. The van der Waals surface area contributed by atoms with Crippen molar-refractivity contribution in [1.82, 2.24) is 0 Å². The van der Waals surface area contributed by atoms with Crippen LogP contribution in [-0.2, 0) is 34.4 Å². The fraction of sp³-hybridized carbons (Fsp3) is 0.200. The van der Waals surface area contributed by atoms with Gasteiger partial charge in [0.05, 0.1) is 6.61 Å². The third-order valence-corrected chi connectivity index (χ3v) is 3.48. The molecular formula is C20H18O7. The van der Waals surface area contributed by atoms with Gasteiger partial charge in [-0.15, -0.1) is 0 Å². The monoisotopic (exact) mass is 370 g/mol. The van der Waals surface area contributed by atoms with Gasteiger partial charge >= 0.3 is 11.9 Å². The van der Waals surface area contributed by atoms with Gasteiger partial charge in [-0.05, 0) is 0 Å². The smallest absolute Gasteiger partial charge is 0.379 e. The second-order valence-corrected chi connectivity index (χ2v) is 5.42. The van der Waals surface area contributed by atoms with E-state index in [1.807, 2.05) is 0 Å². The summed E-state index contributed by atoms with van der Waals surface area (Å²) in [5, 5.41) is 0. The summed E-state index contributed by atoms with van der Waals surface area (Å²) in [5.74, 6) is -4.51. The standard InChI is InChI=1S/C20H18O7/c1-15(22)27-20(14-21,17-10-6-3-7-11-17)26-13-12-25-19(24)18(23)16-8-4-2-5-9-16/h2-11,14H,12-13H2,1H3. The van der Waals surface area contributed by atoms with E-state index in [9.17, 15) is 19.2 Å². The van der Waals surface area contributed by atoms with Gasteiger partial charge in [0.1, 0.15) is 6.61 Å². The van der Waals surface area contributed by atoms with E-state index in [4.69, 9.17) is 14.2 Å². The van der Waals surface area contributed by atoms with Crippen molar-refractivity contribution in [3.05, 3.63) is 71.8 Å². The molecule has 0 saturated carbocycles. The van der Waals surface area contributed by atoms with Crippen LogP contribution < -0.4 is 0 Å². The molecule has 2 rings (SSSR count). The van der Waals surface area contributed by atoms with Gasteiger partial charge in [-0.1, -0.05) is 60.7 Å². The van der Waals surface area contributed by atoms with Gasteiger partial charge in [0.2, 0.25) is 0 Å². The molecule has 0 amide bonds. The molecular weight excluding hydrogens is 352 g/mol. The van der Waals surface area contributed by atoms with E-state index in [2.05, 4.69) is 0 Å². The van der Waals surface area contributed by atoms with Crippen molar-refractivity contribution in [2.24, 2.45) is 0 Å². The maximum Gasteiger partial charge on any atom is 0.379 e. The van der Waals surface area contributed by atoms with Crippen LogP contribution in [0.4, 0.5) is 0 Å². The van der Waals surface area contributed by atoms with Crippen LogP contribution in [-0.4, -0.2) is 37.2 Å². The van der Waals surface area contributed by atoms with E-state index in [-0.39, 0.29) is 18.8 Å². The number of benzene rings is 2. The molecule has 2 aromatic carbocycles. The zero-order chi connectivity index (χ0) is 19.7. The van der Waals surface area contributed by atoms with Crippen molar-refractivity contribution in [3.8, 4) is 0 Å². The molecule has 7 heteroatoms. The summed E-state index contributed by atoms with van der Waals surface area (Å²) in [6, 6.07) is 16.1. The Morgan fingerprint density at radius 3 is 2.07 bits per heavy atom. The zero-order valence-corrected chi connectivity index (χ0v) is 14.6. The van der Waals surface area contributed by atoms with E-state index in [0.717, 1.165) is 6.92 Å². The topological polar surface area (TPSA) is 96.0 Å². The van der Waals surface area contributed by atoms with Gasteiger partial charge < -0.3 is 14.2 Å². The zero-order valence-electron chi connectivity index (χ0n) is 14.6. The highest BCUT2D eigenvalue weighted by Gasteiger charge is 2.37. The molecule has 0 aliphatic carbocycles. The minimum Gasteiger partial charge on any atom is -0.457 e. The first-order valence-electron chi connectivity index (χ1n) is 8.10. The highest BCUT2D eigenvalue weighted by atomic mass is 16.7. The SMILES string of the molecule is CC(=O)OC(C=O)(OCCOC(=O)C(=O)c1ccccc1)c1ccccc1. The lowest BCUT2D eigenvalue weighted by Gasteiger charge is -2.27. The number of aldehydes is 1. The summed E-state index contributed by atoms with van der Waals surface area (Å²) in [6.45, 7) is 0.568. The fourth-order valence-electron chi connectivity index (χ4n) is 2.28. The molecule has 0 bridgehead atoms. The molecule has 1 atom stereocenters. The molecule has 27 heavy (non-hydrogen) atoms. The Morgan fingerprint density at radius 1 is 0.926 bits per heavy atom. The molecule has 0 aliphatic heterocycles. The largest absolute Gasteiger partial charge is 0.457 e. The maximum atomic E-state index is 11.9. The number of hydrogen-bond acceptors (Lipinski definition) is 7. The number of Topliss-reactive ketones (excluding diaryl/α,β-unsaturated/α-hetero) is 1. The van der Waals surface area contributed by atoms with Crippen molar-refractivity contribution < 1.29 is 33.4 Å². The van der Waals surface area contributed by atoms with Gasteiger partial charge in [0.15, 0.2) is 6.29 Å². The van der Waals surface area contributed by atoms with E-state index < -0.39 is 23.5 Å². The van der Waals surface area contributed by atoms with E-state index in [0.29, 0.717) is 11.8 Å². The Labute approximate surface area is 155 Å². The van der Waals surface area contributed by atoms with Gasteiger partial charge in [-0.2, -0.15) is 0 Å². The molecule has 0 aromatic heterocycles. The second kappa shape index (κ2) is 9.40. The van der Waals surface area contributed by atoms with Gasteiger partial charge in [0.25, 0.3) is 11.6 Å². The van der Waals surface area contributed by atoms with Crippen LogP contribution in [0.25, 0.3) is 0 Å². The Morgan fingerprint density at radius 2 is 1.52 bits per heavy atom. The molecule has 1 unspecified atom stereocenters. The lowest BCUT2D eigenvalue weighted by molar-refractivity contribution is -0.226. The summed E-state index contributed by atoms with van der Waals surface area (Å²) < 4.78 is 15.3. The number of esters is 2. The summed E-state index contributed by atoms with van der Waals surface area (Å²) in [7, 11) is 0. The highest BCUT2D eigenvalue weighted by molar-refractivity contribution is 6.40. The number of carbonyl (C=O) groups is 4. The number of carbonyl (C=O) groups excluding carboxylic acids is 4. The molecule has 0 N–H and O–H groups in total. The van der Waals surface area contributed by atoms with Crippen molar-refractivity contribution in [1.29, 1.82) is 0 Å². The molecule has 0 saturated heterocycles. The molecule has 140 valence electrons. The molecule has 2 aromatic rings. The molecule has 0 aliphatic rings. The lowest BCUT2D eigenvalue weighted by Crippen LogP contribution is -2.38. The number of rotatable bonds is 9. The Balaban J connectivity index is 1.97. The van der Waals surface area contributed by atoms with Gasteiger partial charge in [-0.25, -0.2) is 4.79 Å². The Hall–Kier alpha value is -3.32. The number of ether oxygens (including phenoxy) is 3. The van der Waals surface area contributed by atoms with Crippen LogP contribution >= 0.6 is 0 Å². The van der Waals surface area contributed by atoms with Crippen LogP contribution in [0.2, 0.25) is 0 Å². The predicted octanol–water partition coefficient (Wildman–Crippen LogP) is 2.04. The lowest BCUT2D eigenvalue weighted by atomic mass is 10.1. The van der Waals surface area contributed by atoms with Crippen LogP contribution in [0.3, 0.4) is 0 Å². The first kappa shape index (κ1) is 20.0. The second-order valence-electron chi connectivity index (χ2n) is 5.42. The minimum absolute atomic E-state index is 0.204. The average Bonchev–Trinajstić information content (AvgIpc) is 2.70.